The molecule has 1 rings (SSSR count). The number of hydrogen-bond donors (Lipinski definition) is 1. The lowest BCUT2D eigenvalue weighted by Crippen LogP contribution is -2.23. The van der Waals surface area contributed by atoms with Gasteiger partial charge in [-0.1, -0.05) is 6.07 Å². The number of hydrogen-bond acceptors (Lipinski definition) is 4. The minimum atomic E-state index is -0.134. The molecule has 0 unspecified atom stereocenters. The second kappa shape index (κ2) is 6.99. The van der Waals surface area contributed by atoms with Crippen LogP contribution in [0, 0.1) is 0 Å². The van der Waals surface area contributed by atoms with Crippen LogP contribution >= 0.6 is 0 Å². The van der Waals surface area contributed by atoms with Crippen molar-refractivity contribution in [2.45, 2.75) is 19.4 Å². The van der Waals surface area contributed by atoms with Gasteiger partial charge in [-0.05, 0) is 13.0 Å². The first-order valence-corrected chi connectivity index (χ1v) is 6.22. The molecular formula is C14H22N2O3. The monoisotopic (exact) mass is 266 g/mol. The van der Waals surface area contributed by atoms with Crippen molar-refractivity contribution < 1.29 is 14.3 Å². The summed E-state index contributed by atoms with van der Waals surface area (Å²) in [5, 5.41) is 0. The highest BCUT2D eigenvalue weighted by atomic mass is 16.5. The molecule has 0 aromatic heterocycles. The summed E-state index contributed by atoms with van der Waals surface area (Å²) in [5.74, 6) is 1.41. The average Bonchev–Trinajstić information content (AvgIpc) is 2.37. The predicted molar refractivity (Wildman–Crippen MR) is 74.4 cm³/mol. The van der Waals surface area contributed by atoms with Crippen LogP contribution in [0.2, 0.25) is 0 Å². The van der Waals surface area contributed by atoms with Gasteiger partial charge in [-0.25, -0.2) is 0 Å². The van der Waals surface area contributed by atoms with Crippen molar-refractivity contribution in [1.29, 1.82) is 0 Å². The molecule has 0 saturated heterocycles. The lowest BCUT2D eigenvalue weighted by Gasteiger charge is -2.16. The van der Waals surface area contributed by atoms with Gasteiger partial charge in [0.05, 0.1) is 20.1 Å². The highest BCUT2D eigenvalue weighted by Crippen LogP contribution is 2.28. The maximum absolute atomic E-state index is 11.5. The predicted octanol–water partition coefficient (Wildman–Crippen LogP) is 1.57. The summed E-state index contributed by atoms with van der Waals surface area (Å²) in [7, 11) is 5.04. The molecule has 5 nitrogen and oxygen atoms in total. The molecule has 0 heterocycles. The van der Waals surface area contributed by atoms with Crippen LogP contribution in [0.4, 0.5) is 0 Å². The summed E-state index contributed by atoms with van der Waals surface area (Å²) in [6, 6.07) is 5.38. The third kappa shape index (κ3) is 4.44. The van der Waals surface area contributed by atoms with Crippen molar-refractivity contribution in [1.82, 2.24) is 4.90 Å². The van der Waals surface area contributed by atoms with Crippen molar-refractivity contribution in [3.63, 3.8) is 0 Å². The SMILES string of the molecule is COc1ccc([C@@H](C)N)c(OCCC(=O)N(C)C)c1. The second-order valence-corrected chi connectivity index (χ2v) is 4.58. The Hall–Kier alpha value is -1.75. The fourth-order valence-electron chi connectivity index (χ4n) is 1.61. The van der Waals surface area contributed by atoms with E-state index in [2.05, 4.69) is 0 Å². The van der Waals surface area contributed by atoms with E-state index in [-0.39, 0.29) is 11.9 Å². The number of nitrogens with zero attached hydrogens (tertiary/aromatic N) is 1. The normalized spacial score (nSPS) is 11.8. The minimum Gasteiger partial charge on any atom is -0.497 e. The van der Waals surface area contributed by atoms with E-state index in [0.29, 0.717) is 24.5 Å². The van der Waals surface area contributed by atoms with Crippen LogP contribution in [0.1, 0.15) is 24.9 Å². The summed E-state index contributed by atoms with van der Waals surface area (Å²) in [4.78, 5) is 13.0. The molecule has 0 saturated carbocycles. The molecule has 0 aliphatic heterocycles. The molecule has 5 heteroatoms. The summed E-state index contributed by atoms with van der Waals surface area (Å²) >= 11 is 0. The van der Waals surface area contributed by atoms with Gasteiger partial charge in [0.25, 0.3) is 0 Å². The third-order valence-corrected chi connectivity index (χ3v) is 2.78. The maximum Gasteiger partial charge on any atom is 0.225 e. The van der Waals surface area contributed by atoms with E-state index in [1.807, 2.05) is 19.1 Å². The standard InChI is InChI=1S/C14H22N2O3/c1-10(15)12-6-5-11(18-4)9-13(12)19-8-7-14(17)16(2)3/h5-6,9-10H,7-8,15H2,1-4H3/t10-/m1/s1. The highest BCUT2D eigenvalue weighted by Gasteiger charge is 2.11. The largest absolute Gasteiger partial charge is 0.497 e. The van der Waals surface area contributed by atoms with Crippen LogP contribution in [-0.2, 0) is 4.79 Å². The number of nitrogens with two attached hydrogens (primary N) is 1. The molecule has 1 atom stereocenters. The molecule has 19 heavy (non-hydrogen) atoms. The van der Waals surface area contributed by atoms with Crippen LogP contribution in [0.25, 0.3) is 0 Å². The van der Waals surface area contributed by atoms with Gasteiger partial charge in [0.2, 0.25) is 5.91 Å². The Kier molecular flexibility index (Phi) is 5.63. The van der Waals surface area contributed by atoms with E-state index < -0.39 is 0 Å². The lowest BCUT2D eigenvalue weighted by molar-refractivity contribution is -0.129. The molecule has 2 N–H and O–H groups in total. The summed E-state index contributed by atoms with van der Waals surface area (Å²) in [5.41, 5.74) is 6.79. The number of carbonyl (C=O) groups excluding carboxylic acids is 1. The number of ether oxygens (including phenoxy) is 2. The topological polar surface area (TPSA) is 64.8 Å². The first kappa shape index (κ1) is 15.3. The van der Waals surface area contributed by atoms with Crippen LogP contribution in [0.15, 0.2) is 18.2 Å². The van der Waals surface area contributed by atoms with Gasteiger partial charge in [0.1, 0.15) is 11.5 Å². The average molecular weight is 266 g/mol. The van der Waals surface area contributed by atoms with Crippen LogP contribution < -0.4 is 15.2 Å². The highest BCUT2D eigenvalue weighted by molar-refractivity contribution is 5.75. The van der Waals surface area contributed by atoms with Crippen molar-refractivity contribution in [2.75, 3.05) is 27.8 Å². The first-order chi connectivity index (χ1) is 8.95. The van der Waals surface area contributed by atoms with Gasteiger partial charge in [-0.2, -0.15) is 0 Å². The Balaban J connectivity index is 2.72. The van der Waals surface area contributed by atoms with Gasteiger partial charge < -0.3 is 20.1 Å². The fraction of sp³-hybridized carbons (Fsp3) is 0.500. The molecular weight excluding hydrogens is 244 g/mol. The third-order valence-electron chi connectivity index (χ3n) is 2.78. The number of benzene rings is 1. The Morgan fingerprint density at radius 2 is 2.11 bits per heavy atom. The van der Waals surface area contributed by atoms with Crippen LogP contribution in [0.5, 0.6) is 11.5 Å². The lowest BCUT2D eigenvalue weighted by atomic mass is 10.1. The van der Waals surface area contributed by atoms with Crippen LogP contribution in [-0.4, -0.2) is 38.6 Å². The molecule has 0 spiro atoms. The number of carbonyl (C=O) groups is 1. The number of rotatable bonds is 6. The quantitative estimate of drug-likeness (QED) is 0.849. The van der Waals surface area contributed by atoms with E-state index in [4.69, 9.17) is 15.2 Å². The van der Waals surface area contributed by atoms with Crippen molar-refractivity contribution in [3.05, 3.63) is 23.8 Å². The van der Waals surface area contributed by atoms with E-state index in [0.717, 1.165) is 5.56 Å². The van der Waals surface area contributed by atoms with Crippen molar-refractivity contribution in [3.8, 4) is 11.5 Å². The molecule has 0 bridgehead atoms. The smallest absolute Gasteiger partial charge is 0.225 e. The van der Waals surface area contributed by atoms with E-state index in [9.17, 15) is 4.79 Å². The van der Waals surface area contributed by atoms with Gasteiger partial charge in [-0.3, -0.25) is 4.79 Å². The second-order valence-electron chi connectivity index (χ2n) is 4.58. The zero-order valence-corrected chi connectivity index (χ0v) is 12.0. The Morgan fingerprint density at radius 3 is 2.63 bits per heavy atom. The van der Waals surface area contributed by atoms with Gasteiger partial charge in [0, 0.05) is 31.8 Å². The van der Waals surface area contributed by atoms with Crippen molar-refractivity contribution in [2.24, 2.45) is 5.73 Å². The van der Waals surface area contributed by atoms with E-state index in [1.54, 1.807) is 32.2 Å². The molecule has 1 amide bonds. The van der Waals surface area contributed by atoms with Gasteiger partial charge in [0.15, 0.2) is 0 Å². The first-order valence-electron chi connectivity index (χ1n) is 6.22. The van der Waals surface area contributed by atoms with E-state index >= 15 is 0 Å². The van der Waals surface area contributed by atoms with Gasteiger partial charge in [-0.15, -0.1) is 0 Å². The summed E-state index contributed by atoms with van der Waals surface area (Å²) in [6.07, 6.45) is 0.336. The molecule has 0 radical (unpaired) electrons. The minimum absolute atomic E-state index is 0.0326. The molecule has 0 aliphatic carbocycles. The molecule has 1 aromatic carbocycles. The Morgan fingerprint density at radius 1 is 1.42 bits per heavy atom. The molecule has 0 fully saturated rings. The number of amides is 1. The zero-order chi connectivity index (χ0) is 14.4. The van der Waals surface area contributed by atoms with Gasteiger partial charge >= 0.3 is 0 Å². The van der Waals surface area contributed by atoms with Crippen molar-refractivity contribution >= 4 is 5.91 Å². The molecule has 1 aromatic rings. The maximum atomic E-state index is 11.5. The summed E-state index contributed by atoms with van der Waals surface area (Å²) in [6.45, 7) is 2.21. The number of methoxy groups -OCH3 is 1. The Labute approximate surface area is 114 Å². The zero-order valence-electron chi connectivity index (χ0n) is 12.0. The summed E-state index contributed by atoms with van der Waals surface area (Å²) < 4.78 is 10.8. The fourth-order valence-corrected chi connectivity index (χ4v) is 1.61. The molecule has 106 valence electrons. The van der Waals surface area contributed by atoms with E-state index in [1.165, 1.54) is 0 Å². The van der Waals surface area contributed by atoms with Crippen LogP contribution in [0.3, 0.4) is 0 Å². The Bertz CT molecular complexity index is 431. The molecule has 0 aliphatic rings.